The highest BCUT2D eigenvalue weighted by atomic mass is 16.5. The van der Waals surface area contributed by atoms with Gasteiger partial charge in [-0.3, -0.25) is 14.4 Å². The number of hydrogen-bond donors (Lipinski definition) is 1. The van der Waals surface area contributed by atoms with Crippen molar-refractivity contribution in [3.63, 3.8) is 0 Å². The Morgan fingerprint density at radius 2 is 1.71 bits per heavy atom. The van der Waals surface area contributed by atoms with E-state index in [0.717, 1.165) is 18.5 Å². The van der Waals surface area contributed by atoms with Gasteiger partial charge >= 0.3 is 0 Å². The summed E-state index contributed by atoms with van der Waals surface area (Å²) < 4.78 is 6.74. The summed E-state index contributed by atoms with van der Waals surface area (Å²) in [4.78, 5) is 46.8. The summed E-state index contributed by atoms with van der Waals surface area (Å²) in [5.74, 6) is -2.37. The van der Waals surface area contributed by atoms with Crippen LogP contribution in [0.5, 0.6) is 0 Å². The molecule has 0 bridgehead atoms. The standard InChI is InChI=1S/C27H33N3O5/c1-3-4-14-28-15-9-13-27-21(24(33)30(17-18-31)22(27)25(28)34)20-23(32)29(19-10-6-5-7-11-19)16-8-12-26(20,2)35-27/h5-13,20-22,31H,3-4,14-18H2,1-2H3/t20-,21+,22?,26+,27+/m1/s1. The molecule has 1 aromatic rings. The Balaban J connectivity index is 1.61. The SMILES string of the molecule is CCCCN1CC=C[C@]23O[C@@]4(C)C=CCN(c5ccccc5)C(=O)[C@H]4[C@H]2C(=O)N(CCO)C3C1=O. The number of amides is 3. The fourth-order valence-electron chi connectivity index (χ4n) is 6.31. The molecular formula is C27H33N3O5. The quantitative estimate of drug-likeness (QED) is 0.628. The van der Waals surface area contributed by atoms with Crippen LogP contribution in [0.2, 0.25) is 0 Å². The number of ether oxygens (including phenoxy) is 1. The van der Waals surface area contributed by atoms with E-state index in [1.165, 1.54) is 4.90 Å². The Kier molecular flexibility index (Phi) is 6.05. The highest BCUT2D eigenvalue weighted by Crippen LogP contribution is 2.57. The van der Waals surface area contributed by atoms with E-state index in [1.807, 2.05) is 61.6 Å². The number of unbranched alkanes of at least 4 members (excludes halogenated alkanes) is 1. The van der Waals surface area contributed by atoms with Gasteiger partial charge in [0.15, 0.2) is 0 Å². The summed E-state index contributed by atoms with van der Waals surface area (Å²) in [5.41, 5.74) is -1.57. The van der Waals surface area contributed by atoms with Crippen molar-refractivity contribution in [3.8, 4) is 0 Å². The number of para-hydroxylation sites is 1. The fourth-order valence-corrected chi connectivity index (χ4v) is 6.31. The lowest BCUT2D eigenvalue weighted by molar-refractivity contribution is -0.151. The maximum atomic E-state index is 14.1. The minimum Gasteiger partial charge on any atom is -0.395 e. The van der Waals surface area contributed by atoms with Crippen LogP contribution in [0.15, 0.2) is 54.6 Å². The third-order valence-corrected chi connectivity index (χ3v) is 7.83. The average Bonchev–Trinajstić information content (AvgIpc) is 3.11. The van der Waals surface area contributed by atoms with Gasteiger partial charge in [-0.1, -0.05) is 55.8 Å². The lowest BCUT2D eigenvalue weighted by Gasteiger charge is -2.37. The number of β-amino-alcohol motifs (C(OH)–C–C–N with tert-alkyl or cyclic N) is 1. The number of hydrogen-bond acceptors (Lipinski definition) is 5. The van der Waals surface area contributed by atoms with Crippen LogP contribution in [-0.4, -0.2) is 82.7 Å². The van der Waals surface area contributed by atoms with Gasteiger partial charge in [0.2, 0.25) is 17.7 Å². The zero-order valence-corrected chi connectivity index (χ0v) is 20.3. The molecule has 4 aliphatic rings. The summed E-state index contributed by atoms with van der Waals surface area (Å²) in [6.45, 7) is 5.03. The minimum absolute atomic E-state index is 0.0160. The lowest BCUT2D eigenvalue weighted by Crippen LogP contribution is -2.56. The number of rotatable bonds is 6. The maximum Gasteiger partial charge on any atom is 0.249 e. The Morgan fingerprint density at radius 1 is 0.971 bits per heavy atom. The molecule has 4 aliphatic heterocycles. The second-order valence-corrected chi connectivity index (χ2v) is 9.98. The zero-order chi connectivity index (χ0) is 24.8. The Hall–Kier alpha value is -2.97. The molecule has 0 aromatic heterocycles. The molecule has 2 fully saturated rings. The first-order valence-corrected chi connectivity index (χ1v) is 12.5. The summed E-state index contributed by atoms with van der Waals surface area (Å²) in [7, 11) is 0. The molecule has 0 saturated carbocycles. The van der Waals surface area contributed by atoms with Gasteiger partial charge in [0.1, 0.15) is 11.6 Å². The van der Waals surface area contributed by atoms with E-state index in [1.54, 1.807) is 9.80 Å². The van der Waals surface area contributed by atoms with Crippen LogP contribution in [0.3, 0.4) is 0 Å². The Bertz CT molecular complexity index is 1070. The van der Waals surface area contributed by atoms with Gasteiger partial charge in [0.25, 0.3) is 0 Å². The predicted octanol–water partition coefficient (Wildman–Crippen LogP) is 1.75. The molecule has 4 heterocycles. The van der Waals surface area contributed by atoms with Crippen LogP contribution in [0.4, 0.5) is 5.69 Å². The van der Waals surface area contributed by atoms with Crippen LogP contribution in [0.1, 0.15) is 26.7 Å². The molecule has 2 saturated heterocycles. The number of aliphatic hydroxyl groups excluding tert-OH is 1. The number of aliphatic hydroxyl groups is 1. The molecule has 1 spiro atoms. The fraction of sp³-hybridized carbons (Fsp3) is 0.519. The number of benzene rings is 1. The summed E-state index contributed by atoms with van der Waals surface area (Å²) in [6.07, 6.45) is 9.32. The van der Waals surface area contributed by atoms with Crippen molar-refractivity contribution >= 4 is 23.4 Å². The third-order valence-electron chi connectivity index (χ3n) is 7.83. The van der Waals surface area contributed by atoms with Crippen LogP contribution in [0.25, 0.3) is 0 Å². The van der Waals surface area contributed by atoms with Crippen molar-refractivity contribution in [2.75, 3.05) is 37.7 Å². The van der Waals surface area contributed by atoms with E-state index < -0.39 is 29.1 Å². The molecule has 3 amide bonds. The zero-order valence-electron chi connectivity index (χ0n) is 20.3. The summed E-state index contributed by atoms with van der Waals surface area (Å²) in [5, 5.41) is 9.77. The van der Waals surface area contributed by atoms with Gasteiger partial charge in [-0.15, -0.1) is 0 Å². The number of fused-ring (bicyclic) bond motifs is 2. The highest BCUT2D eigenvalue weighted by Gasteiger charge is 2.74. The van der Waals surface area contributed by atoms with Crippen LogP contribution >= 0.6 is 0 Å². The molecule has 5 rings (SSSR count). The van der Waals surface area contributed by atoms with Crippen molar-refractivity contribution in [1.82, 2.24) is 9.80 Å². The number of anilines is 1. The lowest BCUT2D eigenvalue weighted by atomic mass is 9.74. The van der Waals surface area contributed by atoms with E-state index in [0.29, 0.717) is 19.6 Å². The molecule has 35 heavy (non-hydrogen) atoms. The van der Waals surface area contributed by atoms with E-state index in [2.05, 4.69) is 6.92 Å². The van der Waals surface area contributed by atoms with E-state index in [4.69, 9.17) is 4.74 Å². The first-order chi connectivity index (χ1) is 16.9. The maximum absolute atomic E-state index is 14.1. The molecule has 0 radical (unpaired) electrons. The van der Waals surface area contributed by atoms with Crippen molar-refractivity contribution < 1.29 is 24.2 Å². The number of likely N-dealkylation sites (tertiary alicyclic amines) is 1. The van der Waals surface area contributed by atoms with Gasteiger partial charge in [-0.25, -0.2) is 0 Å². The van der Waals surface area contributed by atoms with Crippen LogP contribution < -0.4 is 4.90 Å². The molecule has 1 unspecified atom stereocenters. The smallest absolute Gasteiger partial charge is 0.249 e. The number of carbonyl (C=O) groups excluding carboxylic acids is 3. The van der Waals surface area contributed by atoms with Crippen LogP contribution in [0, 0.1) is 11.8 Å². The molecule has 1 N–H and O–H groups in total. The molecule has 0 aliphatic carbocycles. The second kappa shape index (κ2) is 8.91. The summed E-state index contributed by atoms with van der Waals surface area (Å²) in [6, 6.07) is 8.47. The number of nitrogens with zero attached hydrogens (tertiary/aromatic N) is 3. The van der Waals surface area contributed by atoms with Gasteiger partial charge in [-0.05, 0) is 25.5 Å². The van der Waals surface area contributed by atoms with Crippen LogP contribution in [-0.2, 0) is 19.1 Å². The summed E-state index contributed by atoms with van der Waals surface area (Å²) >= 11 is 0. The molecule has 186 valence electrons. The minimum atomic E-state index is -1.27. The molecule has 8 heteroatoms. The second-order valence-electron chi connectivity index (χ2n) is 9.98. The van der Waals surface area contributed by atoms with Crippen molar-refractivity contribution in [2.24, 2.45) is 11.8 Å². The van der Waals surface area contributed by atoms with Gasteiger partial charge in [-0.2, -0.15) is 0 Å². The monoisotopic (exact) mass is 479 g/mol. The number of carbonyl (C=O) groups is 3. The van der Waals surface area contributed by atoms with Gasteiger partial charge in [0.05, 0.1) is 24.0 Å². The molecule has 8 nitrogen and oxygen atoms in total. The molecular weight excluding hydrogens is 446 g/mol. The van der Waals surface area contributed by atoms with Gasteiger partial charge < -0.3 is 24.5 Å². The largest absolute Gasteiger partial charge is 0.395 e. The topological polar surface area (TPSA) is 90.4 Å². The van der Waals surface area contributed by atoms with E-state index >= 15 is 0 Å². The molecule has 5 atom stereocenters. The normalized spacial score (nSPS) is 34.1. The van der Waals surface area contributed by atoms with Crippen molar-refractivity contribution in [3.05, 3.63) is 54.6 Å². The average molecular weight is 480 g/mol. The Labute approximate surface area is 205 Å². The van der Waals surface area contributed by atoms with Crippen molar-refractivity contribution in [2.45, 2.75) is 43.9 Å². The van der Waals surface area contributed by atoms with Gasteiger partial charge in [0, 0.05) is 31.9 Å². The molecule has 1 aromatic carbocycles. The first kappa shape index (κ1) is 23.8. The van der Waals surface area contributed by atoms with Crippen molar-refractivity contribution in [1.29, 1.82) is 0 Å². The highest BCUT2D eigenvalue weighted by molar-refractivity contribution is 6.04. The van der Waals surface area contributed by atoms with E-state index in [9.17, 15) is 19.5 Å². The third kappa shape index (κ3) is 3.53. The Morgan fingerprint density at radius 3 is 2.43 bits per heavy atom. The predicted molar refractivity (Wildman–Crippen MR) is 130 cm³/mol. The van der Waals surface area contributed by atoms with E-state index in [-0.39, 0.29) is 30.9 Å². The first-order valence-electron chi connectivity index (χ1n) is 12.5.